The maximum atomic E-state index is 11.9. The molecule has 1 amide bonds. The number of halogens is 2. The van der Waals surface area contributed by atoms with Crippen LogP contribution in [0.2, 0.25) is 5.02 Å². The molecule has 20 heavy (non-hydrogen) atoms. The van der Waals surface area contributed by atoms with Crippen molar-refractivity contribution >= 4 is 39.1 Å². The Balaban J connectivity index is 1.97. The fourth-order valence-electron chi connectivity index (χ4n) is 1.80. The van der Waals surface area contributed by atoms with Crippen LogP contribution in [0.5, 0.6) is 0 Å². The van der Waals surface area contributed by atoms with Crippen molar-refractivity contribution in [3.05, 3.63) is 63.6 Å². The summed E-state index contributed by atoms with van der Waals surface area (Å²) < 4.78 is 0.790. The molecule has 0 aliphatic heterocycles. The maximum Gasteiger partial charge on any atom is 0.226 e. The number of nitrogens with two attached hydrogens (primary N) is 1. The van der Waals surface area contributed by atoms with Crippen LogP contribution in [0.1, 0.15) is 18.0 Å². The van der Waals surface area contributed by atoms with E-state index in [2.05, 4.69) is 21.2 Å². The van der Waals surface area contributed by atoms with Crippen LogP contribution in [-0.4, -0.2) is 5.91 Å². The monoisotopic (exact) mass is 352 g/mol. The summed E-state index contributed by atoms with van der Waals surface area (Å²) in [5.74, 6) is -0.139. The first-order valence-electron chi connectivity index (χ1n) is 6.11. The number of anilines is 1. The number of rotatable bonds is 4. The van der Waals surface area contributed by atoms with Crippen molar-refractivity contribution in [3.8, 4) is 0 Å². The molecule has 0 bridgehead atoms. The molecule has 1 unspecified atom stereocenters. The Labute approximate surface area is 131 Å². The first kappa shape index (κ1) is 15.0. The second kappa shape index (κ2) is 6.88. The second-order valence-electron chi connectivity index (χ2n) is 4.40. The maximum absolute atomic E-state index is 11.9. The lowest BCUT2D eigenvalue weighted by Gasteiger charge is -2.12. The van der Waals surface area contributed by atoms with Gasteiger partial charge < -0.3 is 11.1 Å². The highest BCUT2D eigenvalue weighted by Gasteiger charge is 2.12. The summed E-state index contributed by atoms with van der Waals surface area (Å²) in [6.07, 6.45) is 0.220. The van der Waals surface area contributed by atoms with Crippen LogP contribution in [0.4, 0.5) is 5.69 Å². The van der Waals surface area contributed by atoms with E-state index in [4.69, 9.17) is 17.3 Å². The zero-order valence-corrected chi connectivity index (χ0v) is 13.0. The summed E-state index contributed by atoms with van der Waals surface area (Å²) in [5.41, 5.74) is 7.61. The molecule has 0 saturated heterocycles. The van der Waals surface area contributed by atoms with Gasteiger partial charge in [0.15, 0.2) is 0 Å². The van der Waals surface area contributed by atoms with Crippen molar-refractivity contribution in [2.45, 2.75) is 12.5 Å². The minimum atomic E-state index is -0.317. The molecule has 5 heteroatoms. The first-order chi connectivity index (χ1) is 9.56. The molecule has 2 rings (SSSR count). The number of hydrogen-bond donors (Lipinski definition) is 2. The van der Waals surface area contributed by atoms with Gasteiger partial charge in [-0.25, -0.2) is 0 Å². The molecule has 0 spiro atoms. The Morgan fingerprint density at radius 1 is 1.25 bits per heavy atom. The number of nitrogens with one attached hydrogen (secondary N) is 1. The van der Waals surface area contributed by atoms with Crippen LogP contribution in [0.25, 0.3) is 0 Å². The van der Waals surface area contributed by atoms with E-state index < -0.39 is 0 Å². The Morgan fingerprint density at radius 2 is 1.95 bits per heavy atom. The second-order valence-corrected chi connectivity index (χ2v) is 5.66. The molecular formula is C15H14BrClN2O. The van der Waals surface area contributed by atoms with Crippen LogP contribution < -0.4 is 11.1 Å². The first-order valence-corrected chi connectivity index (χ1v) is 7.29. The Bertz CT molecular complexity index is 604. The van der Waals surface area contributed by atoms with Crippen molar-refractivity contribution in [1.29, 1.82) is 0 Å². The van der Waals surface area contributed by atoms with E-state index in [-0.39, 0.29) is 18.4 Å². The van der Waals surface area contributed by atoms with Gasteiger partial charge in [0.2, 0.25) is 5.91 Å². The molecule has 0 radical (unpaired) electrons. The van der Waals surface area contributed by atoms with Crippen LogP contribution in [0.15, 0.2) is 53.0 Å². The molecule has 2 aromatic carbocycles. The van der Waals surface area contributed by atoms with E-state index in [1.807, 2.05) is 30.3 Å². The van der Waals surface area contributed by atoms with E-state index in [0.29, 0.717) is 10.7 Å². The molecule has 0 saturated carbocycles. The standard InChI is InChI=1S/C15H14BrClN2O/c16-12-7-6-11(8-13(12)17)19-15(20)9-14(18)10-4-2-1-3-5-10/h1-8,14H,9,18H2,(H,19,20). The van der Waals surface area contributed by atoms with Gasteiger partial charge in [0.05, 0.1) is 5.02 Å². The van der Waals surface area contributed by atoms with Crippen LogP contribution in [-0.2, 0) is 4.79 Å². The van der Waals surface area contributed by atoms with Crippen molar-refractivity contribution in [2.24, 2.45) is 5.73 Å². The average Bonchev–Trinajstić information content (AvgIpc) is 2.44. The third kappa shape index (κ3) is 4.07. The van der Waals surface area contributed by atoms with Gasteiger partial charge in [-0.3, -0.25) is 4.79 Å². The van der Waals surface area contributed by atoms with Gasteiger partial charge in [-0.1, -0.05) is 41.9 Å². The van der Waals surface area contributed by atoms with E-state index in [9.17, 15) is 4.79 Å². The van der Waals surface area contributed by atoms with Gasteiger partial charge in [-0.2, -0.15) is 0 Å². The van der Waals surface area contributed by atoms with Crippen molar-refractivity contribution in [1.82, 2.24) is 0 Å². The predicted molar refractivity (Wildman–Crippen MR) is 85.8 cm³/mol. The Hall–Kier alpha value is -1.36. The number of hydrogen-bond acceptors (Lipinski definition) is 2. The molecule has 3 N–H and O–H groups in total. The molecular weight excluding hydrogens is 340 g/mol. The SMILES string of the molecule is NC(CC(=O)Nc1ccc(Br)c(Cl)c1)c1ccccc1. The molecule has 0 aromatic heterocycles. The van der Waals surface area contributed by atoms with E-state index in [0.717, 1.165) is 10.0 Å². The zero-order valence-electron chi connectivity index (χ0n) is 10.6. The van der Waals surface area contributed by atoms with Gasteiger partial charge >= 0.3 is 0 Å². The lowest BCUT2D eigenvalue weighted by molar-refractivity contribution is -0.116. The van der Waals surface area contributed by atoms with Gasteiger partial charge in [0.1, 0.15) is 0 Å². The Morgan fingerprint density at radius 3 is 2.60 bits per heavy atom. The largest absolute Gasteiger partial charge is 0.326 e. The average molecular weight is 354 g/mol. The minimum Gasteiger partial charge on any atom is -0.326 e. The van der Waals surface area contributed by atoms with Crippen molar-refractivity contribution in [2.75, 3.05) is 5.32 Å². The molecule has 0 heterocycles. The third-order valence-corrected chi connectivity index (χ3v) is 4.07. The lowest BCUT2D eigenvalue weighted by atomic mass is 10.0. The number of carbonyl (C=O) groups excluding carboxylic acids is 1. The summed E-state index contributed by atoms with van der Waals surface area (Å²) in [6.45, 7) is 0. The highest BCUT2D eigenvalue weighted by atomic mass is 79.9. The van der Waals surface area contributed by atoms with Gasteiger partial charge in [-0.05, 0) is 39.7 Å². The number of amides is 1. The lowest BCUT2D eigenvalue weighted by Crippen LogP contribution is -2.20. The molecule has 0 aliphatic carbocycles. The van der Waals surface area contributed by atoms with Gasteiger partial charge in [0, 0.05) is 22.6 Å². The fraction of sp³-hybridized carbons (Fsp3) is 0.133. The van der Waals surface area contributed by atoms with Gasteiger partial charge in [-0.15, -0.1) is 0 Å². The molecule has 1 atom stereocenters. The topological polar surface area (TPSA) is 55.1 Å². The quantitative estimate of drug-likeness (QED) is 0.868. The van der Waals surface area contributed by atoms with Crippen LogP contribution in [0.3, 0.4) is 0 Å². The minimum absolute atomic E-state index is 0.139. The molecule has 0 aliphatic rings. The van der Waals surface area contributed by atoms with E-state index >= 15 is 0 Å². The fourth-order valence-corrected chi connectivity index (χ4v) is 2.23. The van der Waals surface area contributed by atoms with Crippen molar-refractivity contribution < 1.29 is 4.79 Å². The normalized spacial score (nSPS) is 11.9. The van der Waals surface area contributed by atoms with Crippen LogP contribution >= 0.6 is 27.5 Å². The predicted octanol–water partition coefficient (Wildman–Crippen LogP) is 4.13. The molecule has 2 aromatic rings. The summed E-state index contributed by atoms with van der Waals surface area (Å²) in [6, 6.07) is 14.5. The highest BCUT2D eigenvalue weighted by molar-refractivity contribution is 9.10. The summed E-state index contributed by atoms with van der Waals surface area (Å²) >= 11 is 9.28. The number of carbonyl (C=O) groups is 1. The molecule has 104 valence electrons. The van der Waals surface area contributed by atoms with E-state index in [1.165, 1.54) is 0 Å². The number of benzene rings is 2. The van der Waals surface area contributed by atoms with Gasteiger partial charge in [0.25, 0.3) is 0 Å². The molecule has 3 nitrogen and oxygen atoms in total. The summed E-state index contributed by atoms with van der Waals surface area (Å²) in [7, 11) is 0. The molecule has 0 fully saturated rings. The Kier molecular flexibility index (Phi) is 5.17. The third-order valence-electron chi connectivity index (χ3n) is 2.84. The van der Waals surface area contributed by atoms with Crippen molar-refractivity contribution in [3.63, 3.8) is 0 Å². The smallest absolute Gasteiger partial charge is 0.226 e. The highest BCUT2D eigenvalue weighted by Crippen LogP contribution is 2.25. The zero-order chi connectivity index (χ0) is 14.5. The summed E-state index contributed by atoms with van der Waals surface area (Å²) in [4.78, 5) is 11.9. The van der Waals surface area contributed by atoms with Crippen LogP contribution in [0, 0.1) is 0 Å². The summed E-state index contributed by atoms with van der Waals surface area (Å²) in [5, 5.41) is 3.34. The van der Waals surface area contributed by atoms with E-state index in [1.54, 1.807) is 18.2 Å².